The summed E-state index contributed by atoms with van der Waals surface area (Å²) in [6.45, 7) is 12.3. The molecule has 2 bridgehead atoms. The fourth-order valence-electron chi connectivity index (χ4n) is 8.89. The van der Waals surface area contributed by atoms with E-state index in [1.165, 1.54) is 4.68 Å². The highest BCUT2D eigenvalue weighted by molar-refractivity contribution is 6.04. The molecule has 8 atom stereocenters. The van der Waals surface area contributed by atoms with Crippen molar-refractivity contribution in [1.82, 2.24) is 15.0 Å². The number of hydrogen-bond acceptors (Lipinski definition) is 7. The molecule has 242 valence electrons. The van der Waals surface area contributed by atoms with Crippen LogP contribution in [0.3, 0.4) is 0 Å². The average molecular weight is 625 g/mol. The van der Waals surface area contributed by atoms with Crippen LogP contribution in [0.2, 0.25) is 0 Å². The molecular weight excluding hydrogens is 580 g/mol. The van der Waals surface area contributed by atoms with E-state index in [0.29, 0.717) is 29.8 Å². The Morgan fingerprint density at radius 1 is 1.13 bits per heavy atom. The minimum atomic E-state index is -0.719. The van der Waals surface area contributed by atoms with E-state index in [-0.39, 0.29) is 41.4 Å². The number of aromatic nitrogens is 3. The summed E-state index contributed by atoms with van der Waals surface area (Å²) in [4.78, 5) is 39.9. The summed E-state index contributed by atoms with van der Waals surface area (Å²) in [7, 11) is 0. The first-order chi connectivity index (χ1) is 21.9. The van der Waals surface area contributed by atoms with E-state index in [1.807, 2.05) is 37.3 Å². The van der Waals surface area contributed by atoms with Crippen molar-refractivity contribution in [2.75, 3.05) is 5.32 Å². The standard InChI is InChI=1S/C37H44N4O5/c1-6-35(4)20-30(36(5)23(2)15-17-37(24(3)33(35)44)18-16-29(42)32(36)37)46-31(43)22-41-21-28(39-40-41)26-13-10-14-27(19-26)38-34(45)25-11-8-7-9-12-25/h6-14,19,21,23-24,30,32-33,44H,1,15-18,20,22H2,2-5H3,(H,38,45)/t23-,24+,30-,32+,33+,35-,36+,37+/m1/s1. The molecule has 3 fully saturated rings. The lowest BCUT2D eigenvalue weighted by Crippen LogP contribution is -2.63. The molecule has 1 amide bonds. The SMILES string of the molecule is C=C[C@]1(C)C[C@@H](OC(=O)Cn2cc(-c3cccc(NC(=O)c4ccccc4)c3)nn2)[C@]2(C)[C@H](C)CC[C@]3(CCC(=O)[C@H]32)[C@@H](C)[C@@H]1O. The molecule has 46 heavy (non-hydrogen) atoms. The first-order valence-corrected chi connectivity index (χ1v) is 16.3. The van der Waals surface area contributed by atoms with Crippen LogP contribution in [0.5, 0.6) is 0 Å². The third-order valence-electron chi connectivity index (χ3n) is 11.9. The molecule has 0 saturated heterocycles. The summed E-state index contributed by atoms with van der Waals surface area (Å²) in [5, 5.41) is 23.1. The second-order valence-corrected chi connectivity index (χ2v) is 14.3. The number of carbonyl (C=O) groups excluding carboxylic acids is 3. The number of ketones is 1. The van der Waals surface area contributed by atoms with Gasteiger partial charge in [0.25, 0.3) is 5.91 Å². The molecule has 3 aromatic rings. The van der Waals surface area contributed by atoms with Crippen LogP contribution < -0.4 is 5.32 Å². The molecular formula is C37H44N4O5. The van der Waals surface area contributed by atoms with Crippen LogP contribution in [0.4, 0.5) is 5.69 Å². The van der Waals surface area contributed by atoms with Gasteiger partial charge < -0.3 is 15.2 Å². The number of Topliss-reactive ketones (excluding diaryl/α,β-unsaturated/α-hetero) is 1. The van der Waals surface area contributed by atoms with Crippen LogP contribution in [0.25, 0.3) is 11.3 Å². The fraction of sp³-hybridized carbons (Fsp3) is 0.486. The maximum Gasteiger partial charge on any atom is 0.328 e. The van der Waals surface area contributed by atoms with Crippen LogP contribution in [0.15, 0.2) is 73.4 Å². The van der Waals surface area contributed by atoms with Gasteiger partial charge in [-0.25, -0.2) is 4.68 Å². The smallest absolute Gasteiger partial charge is 0.328 e. The number of hydrogen-bond donors (Lipinski definition) is 2. The highest BCUT2D eigenvalue weighted by Gasteiger charge is 2.68. The van der Waals surface area contributed by atoms with E-state index < -0.39 is 29.0 Å². The zero-order chi connectivity index (χ0) is 32.9. The Kier molecular flexibility index (Phi) is 8.25. The molecule has 9 nitrogen and oxygen atoms in total. The quantitative estimate of drug-likeness (QED) is 0.240. The number of nitrogens with zero attached hydrogens (tertiary/aromatic N) is 3. The monoisotopic (exact) mass is 624 g/mol. The molecule has 2 aromatic carbocycles. The van der Waals surface area contributed by atoms with Gasteiger partial charge in [-0.15, -0.1) is 11.7 Å². The van der Waals surface area contributed by atoms with Crippen LogP contribution in [-0.4, -0.2) is 50.0 Å². The van der Waals surface area contributed by atoms with Crippen molar-refractivity contribution in [3.8, 4) is 11.3 Å². The predicted octanol–water partition coefficient (Wildman–Crippen LogP) is 6.10. The van der Waals surface area contributed by atoms with Gasteiger partial charge in [0.05, 0.1) is 12.3 Å². The Balaban J connectivity index is 1.22. The number of carbonyl (C=O) groups is 3. The molecule has 0 aliphatic heterocycles. The molecule has 3 aliphatic rings. The van der Waals surface area contributed by atoms with Crippen molar-refractivity contribution >= 4 is 23.3 Å². The van der Waals surface area contributed by atoms with E-state index in [0.717, 1.165) is 24.8 Å². The van der Waals surface area contributed by atoms with Gasteiger partial charge in [0.1, 0.15) is 24.1 Å². The lowest BCUT2D eigenvalue weighted by Gasteiger charge is -2.61. The normalized spacial score (nSPS) is 33.8. The van der Waals surface area contributed by atoms with Crippen LogP contribution >= 0.6 is 0 Å². The van der Waals surface area contributed by atoms with Gasteiger partial charge in [0.2, 0.25) is 0 Å². The zero-order valence-electron chi connectivity index (χ0n) is 27.1. The second-order valence-electron chi connectivity index (χ2n) is 14.3. The Labute approximate surface area is 270 Å². The highest BCUT2D eigenvalue weighted by Crippen LogP contribution is 2.68. The molecule has 3 saturated carbocycles. The van der Waals surface area contributed by atoms with Gasteiger partial charge in [0.15, 0.2) is 0 Å². The van der Waals surface area contributed by atoms with Gasteiger partial charge in [-0.1, -0.05) is 69.3 Å². The molecule has 0 radical (unpaired) electrons. The molecule has 2 N–H and O–H groups in total. The molecule has 9 heteroatoms. The Morgan fingerprint density at radius 3 is 2.63 bits per heavy atom. The number of amides is 1. The third-order valence-corrected chi connectivity index (χ3v) is 11.9. The number of anilines is 1. The Hall–Kier alpha value is -4.11. The molecule has 3 aliphatic carbocycles. The highest BCUT2D eigenvalue weighted by atomic mass is 16.5. The van der Waals surface area contributed by atoms with Gasteiger partial charge in [-0.2, -0.15) is 0 Å². The van der Waals surface area contributed by atoms with E-state index in [4.69, 9.17) is 4.74 Å². The largest absolute Gasteiger partial charge is 0.460 e. The third kappa shape index (κ3) is 5.28. The number of esters is 1. The van der Waals surface area contributed by atoms with Gasteiger partial charge in [0, 0.05) is 40.0 Å². The predicted molar refractivity (Wildman–Crippen MR) is 174 cm³/mol. The summed E-state index contributed by atoms with van der Waals surface area (Å²) in [5.74, 6) is -0.697. The van der Waals surface area contributed by atoms with Crippen LogP contribution in [-0.2, 0) is 20.9 Å². The topological polar surface area (TPSA) is 123 Å². The van der Waals surface area contributed by atoms with Crippen LogP contribution in [0, 0.1) is 34.0 Å². The van der Waals surface area contributed by atoms with Crippen molar-refractivity contribution in [3.63, 3.8) is 0 Å². The van der Waals surface area contributed by atoms with Gasteiger partial charge in [-0.3, -0.25) is 14.4 Å². The van der Waals surface area contributed by atoms with E-state index in [9.17, 15) is 19.5 Å². The zero-order valence-corrected chi connectivity index (χ0v) is 27.1. The summed E-state index contributed by atoms with van der Waals surface area (Å²) >= 11 is 0. The lowest BCUT2D eigenvalue weighted by atomic mass is 9.44. The van der Waals surface area contributed by atoms with Crippen molar-refractivity contribution in [2.45, 2.75) is 78.6 Å². The Morgan fingerprint density at radius 2 is 1.89 bits per heavy atom. The molecule has 1 heterocycles. The van der Waals surface area contributed by atoms with E-state index in [1.54, 1.807) is 36.5 Å². The number of aliphatic hydroxyl groups excluding tert-OH is 1. The number of nitrogens with one attached hydrogen (secondary N) is 1. The molecule has 1 aromatic heterocycles. The lowest BCUT2D eigenvalue weighted by molar-refractivity contribution is -0.207. The molecule has 0 unspecified atom stereocenters. The molecule has 6 rings (SSSR count). The fourth-order valence-corrected chi connectivity index (χ4v) is 8.89. The number of aliphatic hydroxyl groups is 1. The second kappa shape index (κ2) is 11.9. The minimum absolute atomic E-state index is 0.0887. The summed E-state index contributed by atoms with van der Waals surface area (Å²) in [5.41, 5.74) is 0.821. The maximum atomic E-state index is 13.6. The van der Waals surface area contributed by atoms with Crippen LogP contribution in [0.1, 0.15) is 70.2 Å². The minimum Gasteiger partial charge on any atom is -0.460 e. The van der Waals surface area contributed by atoms with Crippen molar-refractivity contribution in [1.29, 1.82) is 0 Å². The van der Waals surface area contributed by atoms with Gasteiger partial charge >= 0.3 is 5.97 Å². The Bertz CT molecular complexity index is 1650. The first-order valence-electron chi connectivity index (χ1n) is 16.3. The van der Waals surface area contributed by atoms with E-state index in [2.05, 4.69) is 43.0 Å². The number of benzene rings is 2. The molecule has 0 spiro atoms. The maximum absolute atomic E-state index is 13.6. The van der Waals surface area contributed by atoms with E-state index >= 15 is 0 Å². The van der Waals surface area contributed by atoms with Gasteiger partial charge in [-0.05, 0) is 67.2 Å². The average Bonchev–Trinajstić information content (AvgIpc) is 3.67. The number of rotatable bonds is 7. The number of ether oxygens (including phenoxy) is 1. The van der Waals surface area contributed by atoms with Crippen molar-refractivity contribution in [3.05, 3.63) is 79.0 Å². The van der Waals surface area contributed by atoms with Crippen molar-refractivity contribution in [2.24, 2.45) is 34.0 Å². The van der Waals surface area contributed by atoms with Crippen molar-refractivity contribution < 1.29 is 24.2 Å². The summed E-state index contributed by atoms with van der Waals surface area (Å²) in [6.07, 6.45) is 5.57. The first kappa shape index (κ1) is 31.9. The summed E-state index contributed by atoms with van der Waals surface area (Å²) < 4.78 is 7.80. The summed E-state index contributed by atoms with van der Waals surface area (Å²) in [6, 6.07) is 16.3.